The van der Waals surface area contributed by atoms with E-state index in [1.165, 1.54) is 12.1 Å². The van der Waals surface area contributed by atoms with Gasteiger partial charge in [-0.2, -0.15) is 13.2 Å². The maximum Gasteiger partial charge on any atom is 0.416 e. The van der Waals surface area contributed by atoms with E-state index in [1.807, 2.05) is 18.2 Å². The lowest BCUT2D eigenvalue weighted by Gasteiger charge is -2.39. The molecule has 1 spiro atoms. The van der Waals surface area contributed by atoms with Crippen molar-refractivity contribution in [2.24, 2.45) is 0 Å². The number of carbonyl (C=O) groups excluding carboxylic acids is 2. The van der Waals surface area contributed by atoms with Gasteiger partial charge in [-0.3, -0.25) is 14.9 Å². The number of hydrogen-bond acceptors (Lipinski definition) is 6. The predicted molar refractivity (Wildman–Crippen MR) is 123 cm³/mol. The topological polar surface area (TPSA) is 79.9 Å². The van der Waals surface area contributed by atoms with Gasteiger partial charge in [-0.25, -0.2) is 0 Å². The molecule has 2 N–H and O–H groups in total. The number of amides is 2. The summed E-state index contributed by atoms with van der Waals surface area (Å²) in [5, 5.41) is 6.41. The summed E-state index contributed by atoms with van der Waals surface area (Å²) in [6.45, 7) is 1.50. The smallest absolute Gasteiger partial charge is 0.416 e. The lowest BCUT2D eigenvalue weighted by molar-refractivity contribution is -0.137. The molecule has 2 aromatic rings. The number of nitrogens with one attached hydrogen (secondary N) is 2. The van der Waals surface area contributed by atoms with E-state index in [2.05, 4.69) is 10.6 Å². The van der Waals surface area contributed by atoms with Gasteiger partial charge >= 0.3 is 6.18 Å². The SMILES string of the molecule is O=C(NCc1ccc2c(c1)OCO2)C1CSC2(CCN(C(=O)c3ccc(C(F)(F)F)cc3)CC2)N1. The quantitative estimate of drug-likeness (QED) is 0.661. The van der Waals surface area contributed by atoms with Gasteiger partial charge in [0, 0.05) is 31.0 Å². The van der Waals surface area contributed by atoms with Gasteiger partial charge in [-0.15, -0.1) is 11.8 Å². The van der Waals surface area contributed by atoms with E-state index < -0.39 is 11.7 Å². The Kier molecular flexibility index (Phi) is 6.30. The first-order valence-corrected chi connectivity index (χ1v) is 12.3. The van der Waals surface area contributed by atoms with Crippen LogP contribution in [0.4, 0.5) is 13.2 Å². The molecule has 7 nitrogen and oxygen atoms in total. The maximum absolute atomic E-state index is 12.8. The third-order valence-corrected chi connectivity index (χ3v) is 8.08. The van der Waals surface area contributed by atoms with Crippen LogP contribution in [0.5, 0.6) is 11.5 Å². The molecular weight excluding hydrogens is 483 g/mol. The van der Waals surface area contributed by atoms with Crippen LogP contribution in [0, 0.1) is 0 Å². The Balaban J connectivity index is 1.11. The van der Waals surface area contributed by atoms with Crippen LogP contribution in [0.15, 0.2) is 42.5 Å². The zero-order valence-electron chi connectivity index (χ0n) is 18.7. The van der Waals surface area contributed by atoms with Crippen LogP contribution < -0.4 is 20.1 Å². The Morgan fingerprint density at radius 2 is 1.80 bits per heavy atom. The molecule has 2 amide bonds. The van der Waals surface area contributed by atoms with Gasteiger partial charge in [0.25, 0.3) is 5.91 Å². The average molecular weight is 508 g/mol. The van der Waals surface area contributed by atoms with Gasteiger partial charge in [0.05, 0.1) is 16.5 Å². The van der Waals surface area contributed by atoms with Crippen LogP contribution in [0.1, 0.15) is 34.3 Å². The first kappa shape index (κ1) is 23.8. The number of nitrogens with zero attached hydrogens (tertiary/aromatic N) is 1. The zero-order valence-corrected chi connectivity index (χ0v) is 19.5. The van der Waals surface area contributed by atoms with Crippen molar-refractivity contribution < 1.29 is 32.2 Å². The fourth-order valence-corrected chi connectivity index (χ4v) is 5.91. The summed E-state index contributed by atoms with van der Waals surface area (Å²) in [5.74, 6) is 1.62. The lowest BCUT2D eigenvalue weighted by Crippen LogP contribution is -2.54. The number of fused-ring (bicyclic) bond motifs is 1. The van der Waals surface area contributed by atoms with Gasteiger partial charge in [0.15, 0.2) is 11.5 Å². The average Bonchev–Trinajstić information content (AvgIpc) is 3.49. The van der Waals surface area contributed by atoms with E-state index in [1.54, 1.807) is 16.7 Å². The number of ether oxygens (including phenoxy) is 2. The molecule has 2 aromatic carbocycles. The van der Waals surface area contributed by atoms with Gasteiger partial charge in [0.2, 0.25) is 12.7 Å². The second-order valence-corrected chi connectivity index (χ2v) is 10.2. The second-order valence-electron chi connectivity index (χ2n) is 8.77. The van der Waals surface area contributed by atoms with Gasteiger partial charge in [-0.1, -0.05) is 6.07 Å². The van der Waals surface area contributed by atoms with E-state index in [0.29, 0.717) is 49.7 Å². The van der Waals surface area contributed by atoms with Crippen molar-refractivity contribution in [3.8, 4) is 11.5 Å². The molecule has 1 unspecified atom stereocenters. The number of likely N-dealkylation sites (tertiary alicyclic amines) is 1. The summed E-state index contributed by atoms with van der Waals surface area (Å²) in [6.07, 6.45) is -3.14. The summed E-state index contributed by atoms with van der Waals surface area (Å²) in [5.41, 5.74) is 0.376. The molecule has 35 heavy (non-hydrogen) atoms. The van der Waals surface area contributed by atoms with Crippen molar-refractivity contribution in [2.45, 2.75) is 36.5 Å². The normalized spacial score (nSPS) is 20.8. The molecule has 2 saturated heterocycles. The number of benzene rings is 2. The standard InChI is InChI=1S/C24H24F3N3O4S/c25-24(26,27)17-4-2-16(3-5-17)22(32)30-9-7-23(8-10-30)29-18(13-35-23)21(31)28-12-15-1-6-19-20(11-15)34-14-33-19/h1-6,11,18,29H,7-10,12-14H2,(H,28,31). The molecule has 0 aromatic heterocycles. The number of rotatable bonds is 4. The molecule has 3 aliphatic rings. The highest BCUT2D eigenvalue weighted by molar-refractivity contribution is 8.01. The van der Waals surface area contributed by atoms with E-state index in [-0.39, 0.29) is 35.1 Å². The molecule has 11 heteroatoms. The Labute approximate surface area is 204 Å². The van der Waals surface area contributed by atoms with Crippen LogP contribution in [-0.2, 0) is 17.5 Å². The molecule has 3 aliphatic heterocycles. The van der Waals surface area contributed by atoms with Gasteiger partial charge < -0.3 is 19.7 Å². The minimum atomic E-state index is -4.43. The molecular formula is C24H24F3N3O4S. The molecule has 5 rings (SSSR count). The first-order chi connectivity index (χ1) is 16.7. The molecule has 1 atom stereocenters. The van der Waals surface area contributed by atoms with E-state index >= 15 is 0 Å². The molecule has 0 bridgehead atoms. The highest BCUT2D eigenvalue weighted by atomic mass is 32.2. The summed E-state index contributed by atoms with van der Waals surface area (Å²) < 4.78 is 49.0. The Hall–Kier alpha value is -2.92. The Bertz CT molecular complexity index is 1120. The molecule has 0 radical (unpaired) electrons. The zero-order chi connectivity index (χ0) is 24.6. The number of halogens is 3. The van der Waals surface area contributed by atoms with E-state index in [4.69, 9.17) is 9.47 Å². The third kappa shape index (κ3) is 5.06. The fourth-order valence-electron chi connectivity index (χ4n) is 4.49. The molecule has 186 valence electrons. The summed E-state index contributed by atoms with van der Waals surface area (Å²) in [6, 6.07) is 9.52. The summed E-state index contributed by atoms with van der Waals surface area (Å²) in [4.78, 5) is 26.9. The molecule has 0 aliphatic carbocycles. The third-order valence-electron chi connectivity index (χ3n) is 6.50. The van der Waals surface area contributed by atoms with Crippen molar-refractivity contribution in [3.63, 3.8) is 0 Å². The van der Waals surface area contributed by atoms with Crippen LogP contribution in [0.3, 0.4) is 0 Å². The van der Waals surface area contributed by atoms with E-state index in [0.717, 1.165) is 17.7 Å². The maximum atomic E-state index is 12.8. The number of carbonyl (C=O) groups is 2. The highest BCUT2D eigenvalue weighted by Gasteiger charge is 2.44. The van der Waals surface area contributed by atoms with Gasteiger partial charge in [-0.05, 0) is 54.8 Å². The van der Waals surface area contributed by atoms with Crippen LogP contribution in [0.2, 0.25) is 0 Å². The van der Waals surface area contributed by atoms with Crippen molar-refractivity contribution >= 4 is 23.6 Å². The largest absolute Gasteiger partial charge is 0.454 e. The number of hydrogen-bond donors (Lipinski definition) is 2. The first-order valence-electron chi connectivity index (χ1n) is 11.3. The number of thioether (sulfide) groups is 1. The van der Waals surface area contributed by atoms with Crippen LogP contribution in [0.25, 0.3) is 0 Å². The molecule has 3 heterocycles. The summed E-state index contributed by atoms with van der Waals surface area (Å²) >= 11 is 1.68. The van der Waals surface area contributed by atoms with Crippen molar-refractivity contribution in [2.75, 3.05) is 25.6 Å². The fraction of sp³-hybridized carbons (Fsp3) is 0.417. The van der Waals surface area contributed by atoms with Gasteiger partial charge in [0.1, 0.15) is 0 Å². The second kappa shape index (κ2) is 9.27. The van der Waals surface area contributed by atoms with Crippen LogP contribution in [-0.4, -0.2) is 53.3 Å². The van der Waals surface area contributed by atoms with Crippen molar-refractivity contribution in [1.82, 2.24) is 15.5 Å². The highest BCUT2D eigenvalue weighted by Crippen LogP contribution is 2.39. The minimum absolute atomic E-state index is 0.0877. The van der Waals surface area contributed by atoms with Crippen molar-refractivity contribution in [3.05, 3.63) is 59.2 Å². The summed E-state index contributed by atoms with van der Waals surface area (Å²) in [7, 11) is 0. The lowest BCUT2D eigenvalue weighted by atomic mass is 10.0. The Morgan fingerprint density at radius 1 is 1.09 bits per heavy atom. The van der Waals surface area contributed by atoms with Crippen LogP contribution >= 0.6 is 11.8 Å². The van der Waals surface area contributed by atoms with Crippen molar-refractivity contribution in [1.29, 1.82) is 0 Å². The molecule has 2 fully saturated rings. The minimum Gasteiger partial charge on any atom is -0.454 e. The predicted octanol–water partition coefficient (Wildman–Crippen LogP) is 3.39. The number of piperidine rings is 1. The monoisotopic (exact) mass is 507 g/mol. The Morgan fingerprint density at radius 3 is 2.51 bits per heavy atom. The molecule has 0 saturated carbocycles. The number of alkyl halides is 3. The van der Waals surface area contributed by atoms with E-state index in [9.17, 15) is 22.8 Å².